The molecule has 0 aliphatic carbocycles. The third-order valence-electron chi connectivity index (χ3n) is 3.87. The van der Waals surface area contributed by atoms with E-state index in [-0.39, 0.29) is 5.69 Å². The molecule has 1 heterocycles. The van der Waals surface area contributed by atoms with E-state index in [2.05, 4.69) is 27.4 Å². The lowest BCUT2D eigenvalue weighted by Crippen LogP contribution is -2.24. The van der Waals surface area contributed by atoms with E-state index in [0.29, 0.717) is 23.6 Å². The Hall–Kier alpha value is -3.29. The highest BCUT2D eigenvalue weighted by molar-refractivity contribution is 6.36. The van der Waals surface area contributed by atoms with Crippen LogP contribution in [0.5, 0.6) is 5.75 Å². The van der Waals surface area contributed by atoms with Gasteiger partial charge in [0.05, 0.1) is 18.4 Å². The minimum Gasteiger partial charge on any atom is -0.493 e. The highest BCUT2D eigenvalue weighted by atomic mass is 16.5. The van der Waals surface area contributed by atoms with Crippen molar-refractivity contribution in [2.75, 3.05) is 6.61 Å². The number of aromatic nitrogens is 2. The number of H-pyrrole nitrogens is 1. The minimum absolute atomic E-state index is 0.0818. The fourth-order valence-corrected chi connectivity index (χ4v) is 2.48. The van der Waals surface area contributed by atoms with Crippen LogP contribution in [-0.4, -0.2) is 34.5 Å². The number of unbranched alkanes of at least 4 members (excludes halogenated alkanes) is 3. The van der Waals surface area contributed by atoms with Crippen molar-refractivity contribution in [3.05, 3.63) is 57.8 Å². The van der Waals surface area contributed by atoms with Crippen LogP contribution in [0.15, 0.2) is 40.2 Å². The first-order valence-electron chi connectivity index (χ1n) is 9.18. The quantitative estimate of drug-likeness (QED) is 0.283. The second kappa shape index (κ2) is 10.8. The summed E-state index contributed by atoms with van der Waals surface area (Å²) in [4.78, 5) is 41.7. The van der Waals surface area contributed by atoms with Crippen LogP contribution in [0.1, 0.15) is 59.1 Å². The van der Waals surface area contributed by atoms with Gasteiger partial charge in [-0.05, 0) is 31.5 Å². The van der Waals surface area contributed by atoms with E-state index in [1.807, 2.05) is 0 Å². The number of carbonyl (C=O) groups is 2. The lowest BCUT2D eigenvalue weighted by Gasteiger charge is -2.09. The van der Waals surface area contributed by atoms with Crippen LogP contribution < -0.4 is 15.9 Å². The number of ether oxygens (including phenoxy) is 1. The lowest BCUT2D eigenvalue weighted by molar-refractivity contribution is 0.0949. The first-order valence-corrected chi connectivity index (χ1v) is 9.18. The molecule has 0 aliphatic heterocycles. The topological polar surface area (TPSA) is 114 Å². The summed E-state index contributed by atoms with van der Waals surface area (Å²) in [5, 5.41) is 3.66. The Bertz CT molecular complexity index is 905. The number of carbonyl (C=O) groups excluding carboxylic acids is 2. The Morgan fingerprint density at radius 1 is 1.25 bits per heavy atom. The molecule has 8 heteroatoms. The van der Waals surface area contributed by atoms with Gasteiger partial charge in [0, 0.05) is 5.69 Å². The van der Waals surface area contributed by atoms with Gasteiger partial charge in [0.15, 0.2) is 0 Å². The number of para-hydroxylation sites is 1. The number of hydrazone groups is 1. The molecule has 0 unspecified atom stereocenters. The molecule has 2 aromatic rings. The standard InChI is InChI=1S/C20H24N4O4/c1-3-4-5-8-11-28-18-10-7-6-9-15(18)17(25)13-21-24-19(26)16-12-14(2)22-20(27)23-16/h6-7,9-10,12-13H,3-5,8,11H2,1-2H3,(H,24,26)(H,22,23,27)/b21-13+. The summed E-state index contributed by atoms with van der Waals surface area (Å²) in [6.07, 6.45) is 5.29. The third kappa shape index (κ3) is 6.46. The van der Waals surface area contributed by atoms with Gasteiger partial charge in [0.25, 0.3) is 5.91 Å². The van der Waals surface area contributed by atoms with Gasteiger partial charge in [-0.3, -0.25) is 9.59 Å². The van der Waals surface area contributed by atoms with Crippen LogP contribution in [0.3, 0.4) is 0 Å². The number of amides is 1. The van der Waals surface area contributed by atoms with Gasteiger partial charge in [-0.1, -0.05) is 38.3 Å². The predicted octanol–water partition coefficient (Wildman–Crippen LogP) is 2.64. The molecule has 0 saturated carbocycles. The number of nitrogens with zero attached hydrogens (tertiary/aromatic N) is 2. The summed E-state index contributed by atoms with van der Waals surface area (Å²) in [5.41, 5.74) is 2.34. The maximum absolute atomic E-state index is 12.4. The molecule has 0 atom stereocenters. The van der Waals surface area contributed by atoms with Gasteiger partial charge >= 0.3 is 5.69 Å². The molecule has 0 radical (unpaired) electrons. The van der Waals surface area contributed by atoms with Crippen LogP contribution >= 0.6 is 0 Å². The van der Waals surface area contributed by atoms with E-state index < -0.39 is 17.4 Å². The highest BCUT2D eigenvalue weighted by Crippen LogP contribution is 2.18. The molecular weight excluding hydrogens is 360 g/mol. The van der Waals surface area contributed by atoms with Crippen LogP contribution in [0.4, 0.5) is 0 Å². The Kier molecular flexibility index (Phi) is 8.08. The molecule has 0 aliphatic rings. The largest absolute Gasteiger partial charge is 0.493 e. The molecule has 1 amide bonds. The van der Waals surface area contributed by atoms with Crippen molar-refractivity contribution in [3.63, 3.8) is 0 Å². The number of aryl methyl sites for hydroxylation is 1. The fraction of sp³-hybridized carbons (Fsp3) is 0.350. The summed E-state index contributed by atoms with van der Waals surface area (Å²) in [6.45, 7) is 4.30. The monoisotopic (exact) mass is 384 g/mol. The van der Waals surface area contributed by atoms with Crippen molar-refractivity contribution in [3.8, 4) is 5.75 Å². The minimum atomic E-state index is -0.682. The van der Waals surface area contributed by atoms with E-state index in [0.717, 1.165) is 31.9 Å². The van der Waals surface area contributed by atoms with Crippen LogP contribution in [0, 0.1) is 6.92 Å². The van der Waals surface area contributed by atoms with Crippen LogP contribution in [0.25, 0.3) is 0 Å². The summed E-state index contributed by atoms with van der Waals surface area (Å²) in [6, 6.07) is 8.29. The van der Waals surface area contributed by atoms with Crippen molar-refractivity contribution in [2.24, 2.45) is 5.10 Å². The van der Waals surface area contributed by atoms with Crippen molar-refractivity contribution in [1.82, 2.24) is 15.4 Å². The number of rotatable bonds is 10. The zero-order valence-corrected chi connectivity index (χ0v) is 16.0. The Labute approximate surface area is 163 Å². The maximum Gasteiger partial charge on any atom is 0.345 e. The number of aromatic amines is 1. The van der Waals surface area contributed by atoms with Gasteiger partial charge in [-0.15, -0.1) is 0 Å². The summed E-state index contributed by atoms with van der Waals surface area (Å²) in [7, 11) is 0. The maximum atomic E-state index is 12.4. The Morgan fingerprint density at radius 2 is 2.04 bits per heavy atom. The predicted molar refractivity (Wildman–Crippen MR) is 106 cm³/mol. The molecule has 2 N–H and O–H groups in total. The molecule has 28 heavy (non-hydrogen) atoms. The van der Waals surface area contributed by atoms with Crippen molar-refractivity contribution in [2.45, 2.75) is 39.5 Å². The van der Waals surface area contributed by atoms with Crippen molar-refractivity contribution < 1.29 is 14.3 Å². The molecule has 0 spiro atoms. The number of hydrogen-bond donors (Lipinski definition) is 2. The van der Waals surface area contributed by atoms with E-state index in [1.54, 1.807) is 31.2 Å². The number of hydrogen-bond acceptors (Lipinski definition) is 6. The molecule has 148 valence electrons. The fourth-order valence-electron chi connectivity index (χ4n) is 2.48. The Morgan fingerprint density at radius 3 is 2.79 bits per heavy atom. The second-order valence-corrected chi connectivity index (χ2v) is 6.22. The molecular formula is C20H24N4O4. The van der Waals surface area contributed by atoms with E-state index in [9.17, 15) is 14.4 Å². The molecule has 0 saturated heterocycles. The number of benzene rings is 1. The van der Waals surface area contributed by atoms with Gasteiger partial charge in [0.1, 0.15) is 11.4 Å². The van der Waals surface area contributed by atoms with Gasteiger partial charge in [-0.25, -0.2) is 10.2 Å². The molecule has 1 aromatic heterocycles. The van der Waals surface area contributed by atoms with Gasteiger partial charge < -0.3 is 9.72 Å². The number of Topliss-reactive ketones (excluding diaryl/α,β-unsaturated/α-hetero) is 1. The smallest absolute Gasteiger partial charge is 0.345 e. The zero-order valence-electron chi connectivity index (χ0n) is 16.0. The Balaban J connectivity index is 1.96. The van der Waals surface area contributed by atoms with Crippen LogP contribution in [0.2, 0.25) is 0 Å². The number of nitrogens with one attached hydrogen (secondary N) is 2. The summed E-state index contributed by atoms with van der Waals surface area (Å²) < 4.78 is 5.71. The molecule has 8 nitrogen and oxygen atoms in total. The van der Waals surface area contributed by atoms with E-state index >= 15 is 0 Å². The van der Waals surface area contributed by atoms with E-state index in [1.165, 1.54) is 6.07 Å². The highest BCUT2D eigenvalue weighted by Gasteiger charge is 2.11. The number of ketones is 1. The van der Waals surface area contributed by atoms with Crippen molar-refractivity contribution >= 4 is 17.9 Å². The first kappa shape index (κ1) is 21.0. The van der Waals surface area contributed by atoms with Crippen molar-refractivity contribution in [1.29, 1.82) is 0 Å². The normalized spacial score (nSPS) is 10.8. The molecule has 0 bridgehead atoms. The van der Waals surface area contributed by atoms with Gasteiger partial charge in [0.2, 0.25) is 5.78 Å². The average molecular weight is 384 g/mol. The summed E-state index contributed by atoms with van der Waals surface area (Å²) in [5.74, 6) is -0.605. The SMILES string of the molecule is CCCCCCOc1ccccc1C(=O)/C=N/NC(=O)c1cc(C)[nH]c(=O)n1. The molecule has 2 rings (SSSR count). The second-order valence-electron chi connectivity index (χ2n) is 6.22. The summed E-state index contributed by atoms with van der Waals surface area (Å²) >= 11 is 0. The third-order valence-corrected chi connectivity index (χ3v) is 3.87. The molecule has 1 aromatic carbocycles. The van der Waals surface area contributed by atoms with E-state index in [4.69, 9.17) is 4.74 Å². The molecule has 0 fully saturated rings. The zero-order chi connectivity index (χ0) is 20.4. The average Bonchev–Trinajstić information content (AvgIpc) is 2.67. The van der Waals surface area contributed by atoms with Gasteiger partial charge in [-0.2, -0.15) is 10.1 Å². The first-order chi connectivity index (χ1) is 13.5. The van der Waals surface area contributed by atoms with Crippen LogP contribution in [-0.2, 0) is 0 Å². The lowest BCUT2D eigenvalue weighted by atomic mass is 10.1.